The summed E-state index contributed by atoms with van der Waals surface area (Å²) in [5.74, 6) is 2.31. The molecular weight excluding hydrogens is 316 g/mol. The lowest BCUT2D eigenvalue weighted by atomic mass is 10.1. The molecule has 3 rings (SSSR count). The molecule has 9 heteroatoms. The molecule has 8 nitrogen and oxygen atoms in total. The second kappa shape index (κ2) is 6.77. The number of hydrogen-bond donors (Lipinski definition) is 0. The molecule has 0 aliphatic carbocycles. The zero-order valence-corrected chi connectivity index (χ0v) is 14.1. The fourth-order valence-corrected chi connectivity index (χ4v) is 4.74. The topological polar surface area (TPSA) is 95.6 Å². The Balaban J connectivity index is 1.75. The van der Waals surface area contributed by atoms with Gasteiger partial charge in [0.2, 0.25) is 0 Å². The first-order valence-electron chi connectivity index (χ1n) is 8.01. The van der Waals surface area contributed by atoms with Gasteiger partial charge in [-0.25, -0.2) is 27.7 Å². The molecule has 3 heterocycles. The van der Waals surface area contributed by atoms with Crippen molar-refractivity contribution in [2.24, 2.45) is 5.92 Å². The van der Waals surface area contributed by atoms with Crippen molar-refractivity contribution in [3.8, 4) is 0 Å². The van der Waals surface area contributed by atoms with E-state index < -0.39 is 9.84 Å². The number of rotatable bonds is 7. The SMILES string of the molecule is CCCCn1nc(Cn2cncn2)nc1C[C@@H]1CCS(=O)(=O)C1. The molecule has 1 aliphatic heterocycles. The second-order valence-corrected chi connectivity index (χ2v) is 8.32. The fraction of sp³-hybridized carbons (Fsp3) is 0.714. The Morgan fingerprint density at radius 3 is 2.91 bits per heavy atom. The van der Waals surface area contributed by atoms with Crippen LogP contribution in [0.3, 0.4) is 0 Å². The van der Waals surface area contributed by atoms with Crippen molar-refractivity contribution in [3.05, 3.63) is 24.3 Å². The zero-order valence-electron chi connectivity index (χ0n) is 13.3. The van der Waals surface area contributed by atoms with Crippen LogP contribution < -0.4 is 0 Å². The third-order valence-corrected chi connectivity index (χ3v) is 5.92. The minimum Gasteiger partial charge on any atom is -0.250 e. The Morgan fingerprint density at radius 1 is 1.39 bits per heavy atom. The van der Waals surface area contributed by atoms with E-state index in [9.17, 15) is 8.42 Å². The van der Waals surface area contributed by atoms with Crippen LogP contribution in [-0.4, -0.2) is 49.5 Å². The van der Waals surface area contributed by atoms with Crippen molar-refractivity contribution in [1.29, 1.82) is 0 Å². The van der Waals surface area contributed by atoms with Crippen LogP contribution in [-0.2, 0) is 29.3 Å². The van der Waals surface area contributed by atoms with E-state index in [0.29, 0.717) is 24.5 Å². The van der Waals surface area contributed by atoms with E-state index in [-0.39, 0.29) is 11.7 Å². The Kier molecular flexibility index (Phi) is 4.74. The molecule has 0 unspecified atom stereocenters. The van der Waals surface area contributed by atoms with Gasteiger partial charge in [0, 0.05) is 13.0 Å². The van der Waals surface area contributed by atoms with Crippen molar-refractivity contribution >= 4 is 9.84 Å². The highest BCUT2D eigenvalue weighted by Crippen LogP contribution is 2.22. The lowest BCUT2D eigenvalue weighted by Gasteiger charge is -2.08. The van der Waals surface area contributed by atoms with Crippen LogP contribution in [0.4, 0.5) is 0 Å². The molecule has 0 aromatic carbocycles. The van der Waals surface area contributed by atoms with Crippen LogP contribution in [0, 0.1) is 5.92 Å². The Hall–Kier alpha value is -1.77. The highest BCUT2D eigenvalue weighted by atomic mass is 32.2. The summed E-state index contributed by atoms with van der Waals surface area (Å²) < 4.78 is 26.9. The maximum absolute atomic E-state index is 11.6. The molecule has 2 aromatic heterocycles. The molecule has 1 atom stereocenters. The predicted octanol–water partition coefficient (Wildman–Crippen LogP) is 0.695. The van der Waals surface area contributed by atoms with Crippen LogP contribution in [0.2, 0.25) is 0 Å². The smallest absolute Gasteiger partial charge is 0.172 e. The third kappa shape index (κ3) is 4.15. The average molecular weight is 338 g/mol. The van der Waals surface area contributed by atoms with Crippen molar-refractivity contribution < 1.29 is 8.42 Å². The minimum atomic E-state index is -2.86. The second-order valence-electron chi connectivity index (χ2n) is 6.09. The Labute approximate surface area is 135 Å². The van der Waals surface area contributed by atoms with Gasteiger partial charge < -0.3 is 0 Å². The lowest BCUT2D eigenvalue weighted by Crippen LogP contribution is -2.13. The molecule has 0 bridgehead atoms. The van der Waals surface area contributed by atoms with Crippen LogP contribution >= 0.6 is 0 Å². The van der Waals surface area contributed by atoms with Crippen molar-refractivity contribution in [1.82, 2.24) is 29.5 Å². The van der Waals surface area contributed by atoms with E-state index in [1.807, 2.05) is 4.68 Å². The van der Waals surface area contributed by atoms with E-state index in [2.05, 4.69) is 27.1 Å². The number of aryl methyl sites for hydroxylation is 1. The zero-order chi connectivity index (χ0) is 16.3. The molecule has 0 radical (unpaired) electrons. The van der Waals surface area contributed by atoms with Crippen LogP contribution in [0.1, 0.15) is 37.8 Å². The fourth-order valence-electron chi connectivity index (χ4n) is 2.88. The average Bonchev–Trinajstić information content (AvgIpc) is 3.20. The summed E-state index contributed by atoms with van der Waals surface area (Å²) in [5, 5.41) is 8.64. The van der Waals surface area contributed by atoms with Crippen molar-refractivity contribution in [2.75, 3.05) is 11.5 Å². The molecule has 1 saturated heterocycles. The number of hydrogen-bond acceptors (Lipinski definition) is 6. The minimum absolute atomic E-state index is 0.156. The van der Waals surface area contributed by atoms with Crippen LogP contribution in [0.5, 0.6) is 0 Å². The molecule has 23 heavy (non-hydrogen) atoms. The Morgan fingerprint density at radius 2 is 2.26 bits per heavy atom. The highest BCUT2D eigenvalue weighted by molar-refractivity contribution is 7.91. The number of unbranched alkanes of at least 4 members (excludes halogenated alkanes) is 1. The van der Waals surface area contributed by atoms with Gasteiger partial charge in [-0.15, -0.1) is 0 Å². The van der Waals surface area contributed by atoms with Gasteiger partial charge >= 0.3 is 0 Å². The van der Waals surface area contributed by atoms with Crippen LogP contribution in [0.25, 0.3) is 0 Å². The molecule has 2 aromatic rings. The molecule has 0 spiro atoms. The molecule has 1 aliphatic rings. The summed E-state index contributed by atoms with van der Waals surface area (Å²) in [6.07, 6.45) is 6.63. The molecule has 126 valence electrons. The summed E-state index contributed by atoms with van der Waals surface area (Å²) >= 11 is 0. The molecular formula is C14H22N6O2S. The number of aromatic nitrogens is 6. The van der Waals surface area contributed by atoms with E-state index in [1.165, 1.54) is 6.33 Å². The monoisotopic (exact) mass is 338 g/mol. The number of nitrogens with zero attached hydrogens (tertiary/aromatic N) is 6. The van der Waals surface area contributed by atoms with E-state index >= 15 is 0 Å². The van der Waals surface area contributed by atoms with Crippen molar-refractivity contribution in [3.63, 3.8) is 0 Å². The maximum Gasteiger partial charge on any atom is 0.172 e. The molecule has 0 saturated carbocycles. The standard InChI is InChI=1S/C14H22N6O2S/c1-2-3-5-20-14(7-12-4-6-23(21,22)9-12)17-13(18-20)8-19-11-15-10-16-19/h10-12H,2-9H2,1H3/t12-/m0/s1. The Bertz CT molecular complexity index is 737. The van der Waals surface area contributed by atoms with Gasteiger partial charge in [0.1, 0.15) is 25.0 Å². The number of sulfone groups is 1. The van der Waals surface area contributed by atoms with Gasteiger partial charge in [-0.1, -0.05) is 13.3 Å². The van der Waals surface area contributed by atoms with E-state index in [1.54, 1.807) is 11.0 Å². The first kappa shape index (κ1) is 16.1. The molecule has 0 N–H and O–H groups in total. The predicted molar refractivity (Wildman–Crippen MR) is 84.5 cm³/mol. The van der Waals surface area contributed by atoms with Gasteiger partial charge in [-0.3, -0.25) is 0 Å². The third-order valence-electron chi connectivity index (χ3n) is 4.08. The van der Waals surface area contributed by atoms with Gasteiger partial charge in [-0.05, 0) is 18.8 Å². The lowest BCUT2D eigenvalue weighted by molar-refractivity contribution is 0.499. The summed E-state index contributed by atoms with van der Waals surface area (Å²) in [5.41, 5.74) is 0. The largest absolute Gasteiger partial charge is 0.250 e. The van der Waals surface area contributed by atoms with Crippen molar-refractivity contribution in [2.45, 2.75) is 45.7 Å². The van der Waals surface area contributed by atoms with Crippen LogP contribution in [0.15, 0.2) is 12.7 Å². The quantitative estimate of drug-likeness (QED) is 0.737. The summed E-state index contributed by atoms with van der Waals surface area (Å²) in [6, 6.07) is 0. The maximum atomic E-state index is 11.6. The molecule has 1 fully saturated rings. The summed E-state index contributed by atoms with van der Waals surface area (Å²) in [6.45, 7) is 3.43. The van der Waals surface area contributed by atoms with E-state index in [4.69, 9.17) is 0 Å². The summed E-state index contributed by atoms with van der Waals surface area (Å²) in [4.78, 5) is 8.54. The van der Waals surface area contributed by atoms with E-state index in [0.717, 1.165) is 31.6 Å². The summed E-state index contributed by atoms with van der Waals surface area (Å²) in [7, 11) is -2.86. The van der Waals surface area contributed by atoms with Gasteiger partial charge in [0.25, 0.3) is 0 Å². The van der Waals surface area contributed by atoms with Gasteiger partial charge in [0.05, 0.1) is 11.5 Å². The van der Waals surface area contributed by atoms with Gasteiger partial charge in [0.15, 0.2) is 15.7 Å². The first-order valence-corrected chi connectivity index (χ1v) is 9.83. The molecule has 0 amide bonds. The first-order chi connectivity index (χ1) is 11.1. The normalized spacial score (nSPS) is 20.1. The highest BCUT2D eigenvalue weighted by Gasteiger charge is 2.29. The van der Waals surface area contributed by atoms with Gasteiger partial charge in [-0.2, -0.15) is 10.2 Å².